The van der Waals surface area contributed by atoms with E-state index in [2.05, 4.69) is 15.6 Å². The maximum atomic E-state index is 12.2. The van der Waals surface area contributed by atoms with Crippen molar-refractivity contribution >= 4 is 23.3 Å². The van der Waals surface area contributed by atoms with E-state index >= 15 is 0 Å². The molecule has 0 spiro atoms. The topological polar surface area (TPSA) is 88.2 Å². The van der Waals surface area contributed by atoms with Crippen LogP contribution in [0.5, 0.6) is 0 Å². The predicted molar refractivity (Wildman–Crippen MR) is 88.4 cm³/mol. The van der Waals surface area contributed by atoms with Gasteiger partial charge in [0.15, 0.2) is 5.78 Å². The van der Waals surface area contributed by atoms with Crippen molar-refractivity contribution in [1.29, 1.82) is 0 Å². The fourth-order valence-electron chi connectivity index (χ4n) is 2.55. The van der Waals surface area contributed by atoms with Crippen molar-refractivity contribution in [2.75, 3.05) is 5.32 Å². The molecule has 24 heavy (non-hydrogen) atoms. The maximum Gasteiger partial charge on any atom is 0.228 e. The number of hydrogen-bond acceptors (Lipinski definition) is 4. The zero-order valence-corrected chi connectivity index (χ0v) is 13.0. The number of hydrogen-bond donors (Lipinski definition) is 2. The van der Waals surface area contributed by atoms with E-state index in [1.54, 1.807) is 24.4 Å². The standard InChI is InChI=1S/C18H17N3O3/c22-16(12-4-5-15-13(9-12)10-18(24)21-15)6-7-17(23)20-11-14-3-1-2-8-19-14/h1-5,8-9H,6-7,10-11H2,(H,20,23)(H,21,24). The number of nitrogens with zero attached hydrogens (tertiary/aromatic N) is 1. The van der Waals surface area contributed by atoms with Gasteiger partial charge in [0.25, 0.3) is 0 Å². The summed E-state index contributed by atoms with van der Waals surface area (Å²) in [6.45, 7) is 0.348. The summed E-state index contributed by atoms with van der Waals surface area (Å²) in [5, 5.41) is 5.47. The number of benzene rings is 1. The van der Waals surface area contributed by atoms with Gasteiger partial charge in [0.2, 0.25) is 11.8 Å². The highest BCUT2D eigenvalue weighted by Gasteiger charge is 2.19. The number of carbonyl (C=O) groups excluding carboxylic acids is 3. The fraction of sp³-hybridized carbons (Fsp3) is 0.222. The van der Waals surface area contributed by atoms with Crippen molar-refractivity contribution in [1.82, 2.24) is 10.3 Å². The van der Waals surface area contributed by atoms with Crippen LogP contribution in [0.4, 0.5) is 5.69 Å². The summed E-state index contributed by atoms with van der Waals surface area (Å²) >= 11 is 0. The average Bonchev–Trinajstić information content (AvgIpc) is 2.97. The predicted octanol–water partition coefficient (Wildman–Crippen LogP) is 1.86. The number of fused-ring (bicyclic) bond motifs is 1. The van der Waals surface area contributed by atoms with Crippen molar-refractivity contribution in [3.05, 3.63) is 59.4 Å². The third-order valence-electron chi connectivity index (χ3n) is 3.82. The summed E-state index contributed by atoms with van der Waals surface area (Å²) in [6.07, 6.45) is 2.22. The van der Waals surface area contributed by atoms with E-state index in [1.165, 1.54) is 0 Å². The molecule has 0 atom stereocenters. The monoisotopic (exact) mass is 323 g/mol. The van der Waals surface area contributed by atoms with Crippen LogP contribution in [0, 0.1) is 0 Å². The molecular weight excluding hydrogens is 306 g/mol. The molecule has 1 aromatic heterocycles. The molecule has 0 saturated carbocycles. The Morgan fingerprint density at radius 3 is 2.83 bits per heavy atom. The lowest BCUT2D eigenvalue weighted by Gasteiger charge is -2.06. The number of nitrogens with one attached hydrogen (secondary N) is 2. The largest absolute Gasteiger partial charge is 0.350 e. The van der Waals surface area contributed by atoms with Gasteiger partial charge in [-0.25, -0.2) is 0 Å². The van der Waals surface area contributed by atoms with Gasteiger partial charge >= 0.3 is 0 Å². The van der Waals surface area contributed by atoms with Gasteiger partial charge in [0.05, 0.1) is 18.7 Å². The highest BCUT2D eigenvalue weighted by Crippen LogP contribution is 2.24. The number of pyridine rings is 1. The molecule has 1 aliphatic rings. The molecule has 2 N–H and O–H groups in total. The third-order valence-corrected chi connectivity index (χ3v) is 3.82. The highest BCUT2D eigenvalue weighted by molar-refractivity contribution is 6.02. The zero-order chi connectivity index (χ0) is 16.9. The summed E-state index contributed by atoms with van der Waals surface area (Å²) in [5.74, 6) is -0.361. The number of anilines is 1. The molecule has 1 aliphatic heterocycles. The van der Waals surface area contributed by atoms with E-state index in [0.29, 0.717) is 18.5 Å². The van der Waals surface area contributed by atoms with E-state index in [1.807, 2.05) is 18.2 Å². The van der Waals surface area contributed by atoms with E-state index in [4.69, 9.17) is 0 Å². The Labute approximate surface area is 139 Å². The smallest absolute Gasteiger partial charge is 0.228 e. The first-order valence-corrected chi connectivity index (χ1v) is 7.74. The second-order valence-corrected chi connectivity index (χ2v) is 5.62. The molecule has 122 valence electrons. The highest BCUT2D eigenvalue weighted by atomic mass is 16.2. The number of amides is 2. The van der Waals surface area contributed by atoms with Crippen molar-refractivity contribution in [2.24, 2.45) is 0 Å². The van der Waals surface area contributed by atoms with Crippen molar-refractivity contribution < 1.29 is 14.4 Å². The van der Waals surface area contributed by atoms with Crippen LogP contribution in [-0.2, 0) is 22.6 Å². The molecule has 2 amide bonds. The number of rotatable bonds is 6. The van der Waals surface area contributed by atoms with Gasteiger partial charge in [-0.05, 0) is 35.9 Å². The molecule has 1 aromatic carbocycles. The van der Waals surface area contributed by atoms with Crippen molar-refractivity contribution in [3.8, 4) is 0 Å². The van der Waals surface area contributed by atoms with Crippen LogP contribution in [0.25, 0.3) is 0 Å². The Kier molecular flexibility index (Phi) is 4.65. The molecule has 2 aromatic rings. The first kappa shape index (κ1) is 15.9. The van der Waals surface area contributed by atoms with Crippen LogP contribution < -0.4 is 10.6 Å². The molecule has 0 fully saturated rings. The number of carbonyl (C=O) groups is 3. The maximum absolute atomic E-state index is 12.2. The lowest BCUT2D eigenvalue weighted by molar-refractivity contribution is -0.121. The Hall–Kier alpha value is -3.02. The van der Waals surface area contributed by atoms with Crippen LogP contribution in [0.1, 0.15) is 34.5 Å². The molecule has 0 unspecified atom stereocenters. The van der Waals surface area contributed by atoms with Gasteiger partial charge < -0.3 is 10.6 Å². The molecule has 6 nitrogen and oxygen atoms in total. The van der Waals surface area contributed by atoms with Gasteiger partial charge in [-0.15, -0.1) is 0 Å². The average molecular weight is 323 g/mol. The number of ketones is 1. The molecule has 0 saturated heterocycles. The van der Waals surface area contributed by atoms with Gasteiger partial charge in [0.1, 0.15) is 0 Å². The second-order valence-electron chi connectivity index (χ2n) is 5.62. The lowest BCUT2D eigenvalue weighted by atomic mass is 10.0. The summed E-state index contributed by atoms with van der Waals surface area (Å²) < 4.78 is 0. The van der Waals surface area contributed by atoms with Crippen molar-refractivity contribution in [2.45, 2.75) is 25.8 Å². The Bertz CT molecular complexity index is 787. The van der Waals surface area contributed by atoms with Crippen LogP contribution in [0.3, 0.4) is 0 Å². The number of aromatic nitrogens is 1. The molecule has 3 rings (SSSR count). The third kappa shape index (κ3) is 3.84. The molecular formula is C18H17N3O3. The first-order chi connectivity index (χ1) is 11.6. The molecule has 2 heterocycles. The molecule has 0 radical (unpaired) electrons. The van der Waals surface area contributed by atoms with Gasteiger partial charge in [-0.2, -0.15) is 0 Å². The van der Waals surface area contributed by atoms with Crippen LogP contribution in [-0.4, -0.2) is 22.6 Å². The quantitative estimate of drug-likeness (QED) is 0.794. The minimum absolute atomic E-state index is 0.0662. The van der Waals surface area contributed by atoms with Gasteiger partial charge in [0, 0.05) is 30.3 Å². The Balaban J connectivity index is 1.49. The Morgan fingerprint density at radius 1 is 1.17 bits per heavy atom. The zero-order valence-electron chi connectivity index (χ0n) is 13.0. The second kappa shape index (κ2) is 7.04. The van der Waals surface area contributed by atoms with Gasteiger partial charge in [-0.1, -0.05) is 6.07 Å². The van der Waals surface area contributed by atoms with Crippen LogP contribution in [0.2, 0.25) is 0 Å². The normalized spacial score (nSPS) is 12.4. The summed E-state index contributed by atoms with van der Waals surface area (Å²) in [7, 11) is 0. The first-order valence-electron chi connectivity index (χ1n) is 7.74. The molecule has 0 bridgehead atoms. The minimum Gasteiger partial charge on any atom is -0.350 e. The Morgan fingerprint density at radius 2 is 2.04 bits per heavy atom. The van der Waals surface area contributed by atoms with E-state index in [-0.39, 0.29) is 30.4 Å². The van der Waals surface area contributed by atoms with E-state index in [0.717, 1.165) is 16.9 Å². The fourth-order valence-corrected chi connectivity index (χ4v) is 2.55. The summed E-state index contributed by atoms with van der Waals surface area (Å²) in [6, 6.07) is 10.6. The summed E-state index contributed by atoms with van der Waals surface area (Å²) in [4.78, 5) is 39.5. The summed E-state index contributed by atoms with van der Waals surface area (Å²) in [5.41, 5.74) is 2.88. The molecule has 0 aliphatic carbocycles. The van der Waals surface area contributed by atoms with Crippen molar-refractivity contribution in [3.63, 3.8) is 0 Å². The minimum atomic E-state index is -0.188. The van der Waals surface area contributed by atoms with Crippen LogP contribution in [0.15, 0.2) is 42.6 Å². The van der Waals surface area contributed by atoms with E-state index in [9.17, 15) is 14.4 Å². The van der Waals surface area contributed by atoms with E-state index < -0.39 is 0 Å². The SMILES string of the molecule is O=C(CCC(=O)c1ccc2c(c1)CC(=O)N2)NCc1ccccn1. The van der Waals surface area contributed by atoms with Gasteiger partial charge in [-0.3, -0.25) is 19.4 Å². The lowest BCUT2D eigenvalue weighted by Crippen LogP contribution is -2.23. The number of Topliss-reactive ketones (excluding diaryl/α,β-unsaturated/α-hetero) is 1. The van der Waals surface area contributed by atoms with Crippen LogP contribution >= 0.6 is 0 Å². The molecule has 6 heteroatoms.